The first-order valence-electron chi connectivity index (χ1n) is 6.72. The molecular formula is C16H15ClF2N2O. The molecule has 0 unspecified atom stereocenters. The molecule has 2 N–H and O–H groups in total. The lowest BCUT2D eigenvalue weighted by molar-refractivity contribution is -0.115. The van der Waals surface area contributed by atoms with E-state index >= 15 is 0 Å². The van der Waals surface area contributed by atoms with Crippen LogP contribution in [-0.4, -0.2) is 12.5 Å². The van der Waals surface area contributed by atoms with Gasteiger partial charge in [0.05, 0.1) is 0 Å². The second-order valence-electron chi connectivity index (χ2n) is 4.73. The van der Waals surface area contributed by atoms with Gasteiger partial charge < -0.3 is 10.6 Å². The quantitative estimate of drug-likeness (QED) is 0.857. The predicted octanol–water partition coefficient (Wildman–Crippen LogP) is 4.37. The predicted molar refractivity (Wildman–Crippen MR) is 84.3 cm³/mol. The van der Waals surface area contributed by atoms with Crippen molar-refractivity contribution >= 4 is 28.9 Å². The Labute approximate surface area is 132 Å². The molecule has 0 heterocycles. The number of nitrogens with one attached hydrogen (secondary N) is 2. The van der Waals surface area contributed by atoms with Gasteiger partial charge >= 0.3 is 0 Å². The van der Waals surface area contributed by atoms with E-state index in [1.165, 1.54) is 6.07 Å². The van der Waals surface area contributed by atoms with E-state index in [2.05, 4.69) is 10.6 Å². The number of benzene rings is 2. The third kappa shape index (κ3) is 3.95. The first kappa shape index (κ1) is 16.2. The van der Waals surface area contributed by atoms with E-state index in [-0.39, 0.29) is 24.6 Å². The maximum Gasteiger partial charge on any atom is 0.226 e. The van der Waals surface area contributed by atoms with Gasteiger partial charge in [0.2, 0.25) is 5.91 Å². The zero-order chi connectivity index (χ0) is 16.1. The fourth-order valence-corrected chi connectivity index (χ4v) is 2.10. The molecule has 0 aliphatic heterocycles. The van der Waals surface area contributed by atoms with Crippen molar-refractivity contribution in [3.8, 4) is 0 Å². The Morgan fingerprint density at radius 3 is 2.45 bits per heavy atom. The van der Waals surface area contributed by atoms with Gasteiger partial charge in [0.25, 0.3) is 0 Å². The maximum atomic E-state index is 13.4. The van der Waals surface area contributed by atoms with Crippen LogP contribution < -0.4 is 10.6 Å². The Morgan fingerprint density at radius 2 is 1.77 bits per heavy atom. The number of hydrogen-bond donors (Lipinski definition) is 2. The van der Waals surface area contributed by atoms with Crippen LogP contribution in [0.25, 0.3) is 0 Å². The molecule has 0 atom stereocenters. The third-order valence-electron chi connectivity index (χ3n) is 3.16. The van der Waals surface area contributed by atoms with Gasteiger partial charge in [-0.3, -0.25) is 4.79 Å². The lowest BCUT2D eigenvalue weighted by Crippen LogP contribution is -2.17. The Kier molecular flexibility index (Phi) is 5.33. The van der Waals surface area contributed by atoms with E-state index in [4.69, 9.17) is 11.6 Å². The van der Waals surface area contributed by atoms with E-state index < -0.39 is 11.6 Å². The minimum atomic E-state index is -0.689. The summed E-state index contributed by atoms with van der Waals surface area (Å²) in [6.45, 7) is 1.91. The summed E-state index contributed by atoms with van der Waals surface area (Å²) in [6, 6.07) is 8.79. The summed E-state index contributed by atoms with van der Waals surface area (Å²) in [5.41, 5.74) is 1.16. The molecule has 2 aromatic rings. The van der Waals surface area contributed by atoms with Crippen molar-refractivity contribution in [3.63, 3.8) is 0 Å². The highest BCUT2D eigenvalue weighted by Gasteiger charge is 2.10. The number of carbonyl (C=O) groups is 1. The van der Waals surface area contributed by atoms with E-state index in [9.17, 15) is 13.6 Å². The molecule has 2 rings (SSSR count). The fraction of sp³-hybridized carbons (Fsp3) is 0.188. The molecule has 0 radical (unpaired) electrons. The number of rotatable bonds is 5. The largest absolute Gasteiger partial charge is 0.380 e. The van der Waals surface area contributed by atoms with Crippen molar-refractivity contribution in [1.82, 2.24) is 0 Å². The molecule has 6 heteroatoms. The lowest BCUT2D eigenvalue weighted by atomic mass is 10.2. The third-order valence-corrected chi connectivity index (χ3v) is 3.57. The van der Waals surface area contributed by atoms with Gasteiger partial charge in [0.15, 0.2) is 0 Å². The zero-order valence-corrected chi connectivity index (χ0v) is 12.7. The van der Waals surface area contributed by atoms with Crippen molar-refractivity contribution in [2.24, 2.45) is 0 Å². The summed E-state index contributed by atoms with van der Waals surface area (Å²) in [7, 11) is 0. The minimum absolute atomic E-state index is 0.0692. The first-order valence-corrected chi connectivity index (χ1v) is 7.09. The Morgan fingerprint density at radius 1 is 1.14 bits per heavy atom. The van der Waals surface area contributed by atoms with Gasteiger partial charge in [-0.05, 0) is 36.8 Å². The van der Waals surface area contributed by atoms with E-state index in [0.29, 0.717) is 10.7 Å². The molecule has 22 heavy (non-hydrogen) atoms. The normalized spacial score (nSPS) is 10.4. The van der Waals surface area contributed by atoms with Crippen LogP contribution in [0, 0.1) is 18.6 Å². The Hall–Kier alpha value is -2.14. The van der Waals surface area contributed by atoms with Gasteiger partial charge in [-0.15, -0.1) is 0 Å². The fourth-order valence-electron chi connectivity index (χ4n) is 1.92. The number of hydrogen-bond acceptors (Lipinski definition) is 2. The number of amides is 1. The molecule has 0 saturated carbocycles. The number of para-hydroxylation sites is 1. The monoisotopic (exact) mass is 324 g/mol. The summed E-state index contributed by atoms with van der Waals surface area (Å²) in [6.07, 6.45) is 0.0692. The topological polar surface area (TPSA) is 41.1 Å². The second-order valence-corrected chi connectivity index (χ2v) is 5.14. The number of anilines is 2. The molecular weight excluding hydrogens is 310 g/mol. The summed E-state index contributed by atoms with van der Waals surface area (Å²) < 4.78 is 26.8. The molecule has 1 amide bonds. The molecule has 0 aliphatic carbocycles. The smallest absolute Gasteiger partial charge is 0.226 e. The van der Waals surface area contributed by atoms with Crippen LogP contribution in [0.15, 0.2) is 36.4 Å². The lowest BCUT2D eigenvalue weighted by Gasteiger charge is -2.11. The van der Waals surface area contributed by atoms with Crippen molar-refractivity contribution < 1.29 is 13.6 Å². The van der Waals surface area contributed by atoms with E-state index in [1.807, 2.05) is 0 Å². The summed E-state index contributed by atoms with van der Waals surface area (Å²) in [5.74, 6) is -1.65. The first-order chi connectivity index (χ1) is 10.5. The molecule has 3 nitrogen and oxygen atoms in total. The van der Waals surface area contributed by atoms with E-state index in [0.717, 1.165) is 17.7 Å². The van der Waals surface area contributed by atoms with Gasteiger partial charge in [-0.25, -0.2) is 8.78 Å². The Balaban J connectivity index is 1.90. The van der Waals surface area contributed by atoms with E-state index in [1.54, 1.807) is 25.1 Å². The second kappa shape index (κ2) is 7.22. The molecule has 2 aromatic carbocycles. The highest BCUT2D eigenvalue weighted by Crippen LogP contribution is 2.23. The van der Waals surface area contributed by atoms with Crippen LogP contribution in [0.3, 0.4) is 0 Å². The van der Waals surface area contributed by atoms with Gasteiger partial charge in [-0.1, -0.05) is 23.7 Å². The highest BCUT2D eigenvalue weighted by atomic mass is 35.5. The van der Waals surface area contributed by atoms with Crippen molar-refractivity contribution in [3.05, 3.63) is 58.6 Å². The standard InChI is InChI=1S/C16H15ClF2N2O/c1-10-11(17)4-2-7-14(10)21-15(22)8-9-20-16-12(18)5-3-6-13(16)19/h2-7,20H,8-9H2,1H3,(H,21,22). The average molecular weight is 325 g/mol. The van der Waals surface area contributed by atoms with Crippen LogP contribution >= 0.6 is 11.6 Å². The summed E-state index contributed by atoms with van der Waals surface area (Å²) in [5, 5.41) is 5.86. The highest BCUT2D eigenvalue weighted by molar-refractivity contribution is 6.31. The number of halogens is 3. The molecule has 0 saturated heterocycles. The van der Waals surface area contributed by atoms with Crippen molar-refractivity contribution in [1.29, 1.82) is 0 Å². The van der Waals surface area contributed by atoms with Crippen molar-refractivity contribution in [2.45, 2.75) is 13.3 Å². The van der Waals surface area contributed by atoms with Crippen LogP contribution in [0.1, 0.15) is 12.0 Å². The molecule has 0 aliphatic rings. The summed E-state index contributed by atoms with van der Waals surface area (Å²) in [4.78, 5) is 11.9. The maximum absolute atomic E-state index is 13.4. The Bertz CT molecular complexity index is 672. The van der Waals surface area contributed by atoms with Crippen LogP contribution in [0.4, 0.5) is 20.2 Å². The summed E-state index contributed by atoms with van der Waals surface area (Å²) >= 11 is 5.97. The minimum Gasteiger partial charge on any atom is -0.380 e. The zero-order valence-electron chi connectivity index (χ0n) is 11.9. The number of carbonyl (C=O) groups excluding carboxylic acids is 1. The van der Waals surface area contributed by atoms with Crippen molar-refractivity contribution in [2.75, 3.05) is 17.2 Å². The molecule has 116 valence electrons. The molecule has 0 spiro atoms. The van der Waals surface area contributed by atoms with Crippen LogP contribution in [0.2, 0.25) is 5.02 Å². The van der Waals surface area contributed by atoms with Gasteiger partial charge in [-0.2, -0.15) is 0 Å². The van der Waals surface area contributed by atoms with Crippen LogP contribution in [-0.2, 0) is 4.79 Å². The average Bonchev–Trinajstić information content (AvgIpc) is 2.47. The SMILES string of the molecule is Cc1c(Cl)cccc1NC(=O)CCNc1c(F)cccc1F. The van der Waals surface area contributed by atoms with Crippen LogP contribution in [0.5, 0.6) is 0 Å². The molecule has 0 fully saturated rings. The molecule has 0 bridgehead atoms. The van der Waals surface area contributed by atoms with Gasteiger partial charge in [0.1, 0.15) is 17.3 Å². The van der Waals surface area contributed by atoms with Gasteiger partial charge in [0, 0.05) is 23.7 Å². The molecule has 0 aromatic heterocycles.